The van der Waals surface area contributed by atoms with E-state index in [0.29, 0.717) is 41.8 Å². The zero-order valence-electron chi connectivity index (χ0n) is 18.2. The molecule has 4 aliphatic rings. The molecule has 0 aromatic rings. The Morgan fingerprint density at radius 1 is 1.00 bits per heavy atom. The molecular formula is C24H36O4. The van der Waals surface area contributed by atoms with Gasteiger partial charge in [0.2, 0.25) is 0 Å². The first-order valence-corrected chi connectivity index (χ1v) is 11.3. The van der Waals surface area contributed by atoms with Gasteiger partial charge in [-0.15, -0.1) is 0 Å². The molecule has 4 aliphatic carbocycles. The smallest absolute Gasteiger partial charge is 0.303 e. The molecule has 0 heterocycles. The maximum Gasteiger partial charge on any atom is 0.303 e. The third-order valence-corrected chi connectivity index (χ3v) is 9.86. The van der Waals surface area contributed by atoms with Crippen molar-refractivity contribution in [2.24, 2.45) is 40.4 Å². The van der Waals surface area contributed by atoms with Gasteiger partial charge in [0.25, 0.3) is 0 Å². The van der Waals surface area contributed by atoms with Crippen LogP contribution in [0.3, 0.4) is 0 Å². The topological polar surface area (TPSA) is 60.4 Å². The fourth-order valence-electron chi connectivity index (χ4n) is 8.58. The maximum atomic E-state index is 12.8. The maximum absolute atomic E-state index is 12.8. The van der Waals surface area contributed by atoms with Gasteiger partial charge in [-0.3, -0.25) is 14.4 Å². The van der Waals surface area contributed by atoms with Crippen LogP contribution < -0.4 is 0 Å². The number of hydrogen-bond acceptors (Lipinski definition) is 4. The van der Waals surface area contributed by atoms with Gasteiger partial charge in [0.1, 0.15) is 5.78 Å². The molecule has 4 saturated carbocycles. The third kappa shape index (κ3) is 2.51. The average Bonchev–Trinajstić information content (AvgIpc) is 2.90. The van der Waals surface area contributed by atoms with E-state index in [4.69, 9.17) is 4.74 Å². The summed E-state index contributed by atoms with van der Waals surface area (Å²) in [4.78, 5) is 36.9. The Hall–Kier alpha value is -1.19. The first kappa shape index (κ1) is 20.1. The number of carbonyl (C=O) groups is 3. The molecule has 4 heteroatoms. The molecular weight excluding hydrogens is 352 g/mol. The number of ketones is 2. The van der Waals surface area contributed by atoms with E-state index < -0.39 is 5.60 Å². The van der Waals surface area contributed by atoms with Crippen LogP contribution in [0.2, 0.25) is 0 Å². The fourth-order valence-corrected chi connectivity index (χ4v) is 8.58. The van der Waals surface area contributed by atoms with Gasteiger partial charge in [0.15, 0.2) is 11.4 Å². The highest BCUT2D eigenvalue weighted by Gasteiger charge is 2.68. The van der Waals surface area contributed by atoms with Gasteiger partial charge in [-0.25, -0.2) is 0 Å². The lowest BCUT2D eigenvalue weighted by molar-refractivity contribution is -0.194. The Bertz CT molecular complexity index is 713. The highest BCUT2D eigenvalue weighted by atomic mass is 16.6. The summed E-state index contributed by atoms with van der Waals surface area (Å²) in [6, 6.07) is 0. The molecule has 0 spiro atoms. The Balaban J connectivity index is 1.70. The van der Waals surface area contributed by atoms with Crippen LogP contribution in [0, 0.1) is 40.4 Å². The van der Waals surface area contributed by atoms with Gasteiger partial charge < -0.3 is 4.74 Å². The minimum absolute atomic E-state index is 0.0161. The van der Waals surface area contributed by atoms with E-state index in [1.54, 1.807) is 6.92 Å². The van der Waals surface area contributed by atoms with Gasteiger partial charge in [-0.05, 0) is 80.5 Å². The van der Waals surface area contributed by atoms with E-state index in [1.165, 1.54) is 6.92 Å². The molecule has 8 atom stereocenters. The molecule has 0 N–H and O–H groups in total. The van der Waals surface area contributed by atoms with Crippen LogP contribution in [0.25, 0.3) is 0 Å². The molecule has 4 fully saturated rings. The number of fused-ring (bicyclic) bond motifs is 5. The summed E-state index contributed by atoms with van der Waals surface area (Å²) >= 11 is 0. The number of carbonyl (C=O) groups excluding carboxylic acids is 3. The highest BCUT2D eigenvalue weighted by molar-refractivity contribution is 5.89. The second-order valence-electron chi connectivity index (χ2n) is 10.9. The molecule has 0 aromatic carbocycles. The second-order valence-corrected chi connectivity index (χ2v) is 10.9. The van der Waals surface area contributed by atoms with Gasteiger partial charge in [-0.2, -0.15) is 0 Å². The quantitative estimate of drug-likeness (QED) is 0.641. The number of hydrogen-bond donors (Lipinski definition) is 0. The summed E-state index contributed by atoms with van der Waals surface area (Å²) in [5.41, 5.74) is -0.975. The summed E-state index contributed by atoms with van der Waals surface area (Å²) in [6.45, 7) is 10.0. The van der Waals surface area contributed by atoms with Crippen LogP contribution in [-0.4, -0.2) is 23.1 Å². The van der Waals surface area contributed by atoms with Crippen LogP contribution in [0.1, 0.15) is 86.0 Å². The Morgan fingerprint density at radius 3 is 2.32 bits per heavy atom. The zero-order valence-corrected chi connectivity index (χ0v) is 18.2. The predicted octanol–water partition coefficient (Wildman–Crippen LogP) is 4.74. The first-order chi connectivity index (χ1) is 13.0. The van der Waals surface area contributed by atoms with Gasteiger partial charge in [0.05, 0.1) is 0 Å². The number of esters is 1. The van der Waals surface area contributed by atoms with Crippen molar-refractivity contribution >= 4 is 17.5 Å². The normalized spacial score (nSPS) is 50.3. The molecule has 0 aromatic heterocycles. The van der Waals surface area contributed by atoms with Crippen molar-refractivity contribution < 1.29 is 19.1 Å². The fraction of sp³-hybridized carbons (Fsp3) is 0.875. The summed E-state index contributed by atoms with van der Waals surface area (Å²) < 4.78 is 5.85. The number of rotatable bonds is 2. The van der Waals surface area contributed by atoms with Gasteiger partial charge in [0, 0.05) is 25.2 Å². The van der Waals surface area contributed by atoms with Crippen molar-refractivity contribution in [2.45, 2.75) is 91.6 Å². The Kier molecular flexibility index (Phi) is 4.60. The molecule has 156 valence electrons. The Labute approximate surface area is 169 Å². The minimum atomic E-state index is -0.946. The van der Waals surface area contributed by atoms with E-state index in [2.05, 4.69) is 20.8 Å². The molecule has 28 heavy (non-hydrogen) atoms. The largest absolute Gasteiger partial charge is 0.451 e. The summed E-state index contributed by atoms with van der Waals surface area (Å²) in [7, 11) is 0. The van der Waals surface area contributed by atoms with Gasteiger partial charge >= 0.3 is 5.97 Å². The third-order valence-electron chi connectivity index (χ3n) is 9.86. The minimum Gasteiger partial charge on any atom is -0.451 e. The molecule has 4 rings (SSSR count). The van der Waals surface area contributed by atoms with Crippen molar-refractivity contribution in [3.8, 4) is 0 Å². The summed E-state index contributed by atoms with van der Waals surface area (Å²) in [6.07, 6.45) is 7.32. The predicted molar refractivity (Wildman–Crippen MR) is 106 cm³/mol. The number of Topliss-reactive ketones (excluding diaryl/α,β-unsaturated/α-hetero) is 2. The lowest BCUT2D eigenvalue weighted by atomic mass is 9.42. The first-order valence-electron chi connectivity index (χ1n) is 11.3. The van der Waals surface area contributed by atoms with Crippen LogP contribution in [-0.2, 0) is 19.1 Å². The van der Waals surface area contributed by atoms with E-state index in [1.807, 2.05) is 0 Å². The molecule has 0 bridgehead atoms. The van der Waals surface area contributed by atoms with Crippen LogP contribution in [0.4, 0.5) is 0 Å². The van der Waals surface area contributed by atoms with Crippen molar-refractivity contribution in [1.29, 1.82) is 0 Å². The molecule has 2 unspecified atom stereocenters. The zero-order chi connectivity index (χ0) is 20.5. The van der Waals surface area contributed by atoms with Crippen molar-refractivity contribution in [3.63, 3.8) is 0 Å². The molecule has 0 aliphatic heterocycles. The van der Waals surface area contributed by atoms with Gasteiger partial charge in [-0.1, -0.05) is 20.8 Å². The monoisotopic (exact) mass is 388 g/mol. The van der Waals surface area contributed by atoms with Crippen molar-refractivity contribution in [3.05, 3.63) is 0 Å². The van der Waals surface area contributed by atoms with Crippen LogP contribution >= 0.6 is 0 Å². The lowest BCUT2D eigenvalue weighted by Crippen LogP contribution is -2.60. The summed E-state index contributed by atoms with van der Waals surface area (Å²) in [5, 5.41) is 0. The van der Waals surface area contributed by atoms with E-state index in [-0.39, 0.29) is 22.6 Å². The van der Waals surface area contributed by atoms with Crippen LogP contribution in [0.15, 0.2) is 0 Å². The average molecular weight is 389 g/mol. The SMILES string of the molecule is CC(=O)O[C@]1(C(C)=O)CC[C@H]2[C@@H]3CC(C)C4CC(=O)CC[C@]4(C)[C@H]3CC[C@@]21C. The Morgan fingerprint density at radius 2 is 1.68 bits per heavy atom. The lowest BCUT2D eigenvalue weighted by Gasteiger charge is -2.62. The van der Waals surface area contributed by atoms with E-state index in [0.717, 1.165) is 44.9 Å². The van der Waals surface area contributed by atoms with E-state index in [9.17, 15) is 14.4 Å². The van der Waals surface area contributed by atoms with E-state index >= 15 is 0 Å². The molecule has 0 radical (unpaired) electrons. The van der Waals surface area contributed by atoms with Crippen molar-refractivity contribution in [2.75, 3.05) is 0 Å². The molecule has 4 nitrogen and oxygen atoms in total. The van der Waals surface area contributed by atoms with Crippen LogP contribution in [0.5, 0.6) is 0 Å². The van der Waals surface area contributed by atoms with Crippen molar-refractivity contribution in [1.82, 2.24) is 0 Å². The molecule has 0 amide bonds. The molecule has 0 saturated heterocycles. The number of ether oxygens (including phenoxy) is 1. The summed E-state index contributed by atoms with van der Waals surface area (Å²) in [5.74, 6) is 2.79. The highest BCUT2D eigenvalue weighted by Crippen LogP contribution is 2.69. The standard InChI is InChI=1S/C24H36O4/c1-14-12-18-19(22(4)9-6-17(27)13-21(14)22)7-10-23(5)20(18)8-11-24(23,15(2)25)28-16(3)26/h14,18-21H,6-13H2,1-5H3/t14?,18-,19+,20+,21?,22-,23+,24+/m1/s1. The second kappa shape index (κ2) is 6.40.